The fourth-order valence-electron chi connectivity index (χ4n) is 2.53. The summed E-state index contributed by atoms with van der Waals surface area (Å²) in [5.74, 6) is -0.307. The molecule has 0 radical (unpaired) electrons. The molecule has 0 aliphatic carbocycles. The van der Waals surface area contributed by atoms with Crippen molar-refractivity contribution in [3.63, 3.8) is 0 Å². The zero-order valence-corrected chi connectivity index (χ0v) is 14.1. The van der Waals surface area contributed by atoms with Crippen molar-refractivity contribution < 1.29 is 17.6 Å². The summed E-state index contributed by atoms with van der Waals surface area (Å²) in [6.07, 6.45) is 1.39. The minimum atomic E-state index is -3.66. The second-order valence-electron chi connectivity index (χ2n) is 5.44. The molecule has 25 heavy (non-hydrogen) atoms. The first-order valence-electron chi connectivity index (χ1n) is 7.74. The summed E-state index contributed by atoms with van der Waals surface area (Å²) in [7, 11) is -3.66. The molecule has 0 unspecified atom stereocenters. The lowest BCUT2D eigenvalue weighted by molar-refractivity contribution is 0.0926. The maximum absolute atomic E-state index is 13.1. The molecule has 1 aromatic heterocycles. The van der Waals surface area contributed by atoms with Crippen LogP contribution in [0, 0.1) is 0 Å². The molecule has 6 heteroatoms. The zero-order chi connectivity index (χ0) is 17.7. The Balaban J connectivity index is 1.90. The minimum Gasteiger partial charge on any atom is -0.459 e. The smallest absolute Gasteiger partial charge is 0.287 e. The molecule has 0 aliphatic heterocycles. The highest BCUT2D eigenvalue weighted by Gasteiger charge is 2.29. The van der Waals surface area contributed by atoms with Gasteiger partial charge in [-0.2, -0.15) is 0 Å². The van der Waals surface area contributed by atoms with Crippen LogP contribution in [0.3, 0.4) is 0 Å². The van der Waals surface area contributed by atoms with Crippen LogP contribution in [-0.2, 0) is 9.84 Å². The van der Waals surface area contributed by atoms with E-state index in [0.717, 1.165) is 0 Å². The quantitative estimate of drug-likeness (QED) is 0.736. The first kappa shape index (κ1) is 17.0. The highest BCUT2D eigenvalue weighted by Crippen LogP contribution is 2.28. The second-order valence-corrected chi connectivity index (χ2v) is 7.58. The average Bonchev–Trinajstić information content (AvgIpc) is 3.18. The van der Waals surface area contributed by atoms with Crippen molar-refractivity contribution in [2.24, 2.45) is 0 Å². The van der Waals surface area contributed by atoms with E-state index >= 15 is 0 Å². The number of rotatable bonds is 6. The molecule has 0 spiro atoms. The SMILES string of the molecule is O=C(NC[C@@H](c1ccccc1)S(=O)(=O)c1ccccc1)c1ccco1. The number of sulfone groups is 1. The van der Waals surface area contributed by atoms with Crippen LogP contribution in [0.2, 0.25) is 0 Å². The van der Waals surface area contributed by atoms with E-state index in [4.69, 9.17) is 4.42 Å². The number of carbonyl (C=O) groups excluding carboxylic acids is 1. The zero-order valence-electron chi connectivity index (χ0n) is 13.3. The van der Waals surface area contributed by atoms with Gasteiger partial charge in [-0.05, 0) is 29.8 Å². The van der Waals surface area contributed by atoms with Crippen molar-refractivity contribution >= 4 is 15.7 Å². The van der Waals surface area contributed by atoms with Crippen LogP contribution >= 0.6 is 0 Å². The summed E-state index contributed by atoms with van der Waals surface area (Å²) in [5.41, 5.74) is 0.617. The van der Waals surface area contributed by atoms with Crippen molar-refractivity contribution in [1.82, 2.24) is 5.32 Å². The molecule has 0 aliphatic rings. The molecule has 1 N–H and O–H groups in total. The highest BCUT2D eigenvalue weighted by atomic mass is 32.2. The van der Waals surface area contributed by atoms with Crippen molar-refractivity contribution in [2.75, 3.05) is 6.54 Å². The van der Waals surface area contributed by atoms with Gasteiger partial charge in [-0.1, -0.05) is 48.5 Å². The number of benzene rings is 2. The van der Waals surface area contributed by atoms with Gasteiger partial charge in [-0.25, -0.2) is 8.42 Å². The molecule has 3 aromatic rings. The van der Waals surface area contributed by atoms with E-state index in [2.05, 4.69) is 5.32 Å². The number of nitrogens with one attached hydrogen (secondary N) is 1. The highest BCUT2D eigenvalue weighted by molar-refractivity contribution is 7.91. The molecule has 0 saturated carbocycles. The topological polar surface area (TPSA) is 76.4 Å². The van der Waals surface area contributed by atoms with Crippen LogP contribution in [0.1, 0.15) is 21.4 Å². The van der Waals surface area contributed by atoms with Crippen LogP contribution < -0.4 is 5.32 Å². The Bertz CT molecular complexity index is 920. The third kappa shape index (κ3) is 3.80. The van der Waals surface area contributed by atoms with E-state index in [0.29, 0.717) is 5.56 Å². The van der Waals surface area contributed by atoms with Gasteiger partial charge in [0.25, 0.3) is 5.91 Å². The lowest BCUT2D eigenvalue weighted by Crippen LogP contribution is -2.31. The normalized spacial score (nSPS) is 12.5. The lowest BCUT2D eigenvalue weighted by atomic mass is 10.1. The third-order valence-electron chi connectivity index (χ3n) is 3.81. The third-order valence-corrected chi connectivity index (χ3v) is 5.93. The first-order valence-corrected chi connectivity index (χ1v) is 9.29. The van der Waals surface area contributed by atoms with Crippen molar-refractivity contribution in [1.29, 1.82) is 0 Å². The summed E-state index contributed by atoms with van der Waals surface area (Å²) in [4.78, 5) is 12.3. The van der Waals surface area contributed by atoms with Crippen LogP contribution in [0.25, 0.3) is 0 Å². The van der Waals surface area contributed by atoms with E-state index in [1.54, 1.807) is 60.7 Å². The standard InChI is InChI=1S/C19H17NO4S/c21-19(17-12-7-13-24-17)20-14-18(15-8-3-1-4-9-15)25(22,23)16-10-5-2-6-11-16/h1-13,18H,14H2,(H,20,21)/t18-/m0/s1. The summed E-state index contributed by atoms with van der Waals surface area (Å²) in [5, 5.41) is 1.75. The van der Waals surface area contributed by atoms with Gasteiger partial charge in [0.1, 0.15) is 5.25 Å². The van der Waals surface area contributed by atoms with Gasteiger partial charge in [0.15, 0.2) is 15.6 Å². The van der Waals surface area contributed by atoms with Crippen LogP contribution in [0.4, 0.5) is 0 Å². The Hall–Kier alpha value is -2.86. The van der Waals surface area contributed by atoms with Crippen molar-refractivity contribution in [2.45, 2.75) is 10.1 Å². The number of furan rings is 1. The summed E-state index contributed by atoms with van der Waals surface area (Å²) in [6.45, 7) is -0.0548. The number of amides is 1. The molecular formula is C19H17NO4S. The maximum atomic E-state index is 13.1. The largest absolute Gasteiger partial charge is 0.459 e. The maximum Gasteiger partial charge on any atom is 0.287 e. The molecule has 128 valence electrons. The van der Waals surface area contributed by atoms with Gasteiger partial charge in [0, 0.05) is 6.54 Å². The molecular weight excluding hydrogens is 338 g/mol. The molecule has 0 saturated heterocycles. The van der Waals surface area contributed by atoms with Gasteiger partial charge in [-0.3, -0.25) is 4.79 Å². The van der Waals surface area contributed by atoms with Crippen molar-refractivity contribution in [3.05, 3.63) is 90.4 Å². The molecule has 0 bridgehead atoms. The van der Waals surface area contributed by atoms with Gasteiger partial charge in [0.2, 0.25) is 0 Å². The van der Waals surface area contributed by atoms with E-state index in [1.165, 1.54) is 12.3 Å². The summed E-state index contributed by atoms with van der Waals surface area (Å²) < 4.78 is 31.2. The van der Waals surface area contributed by atoms with Crippen LogP contribution in [-0.4, -0.2) is 20.9 Å². The Morgan fingerprint density at radius 2 is 1.56 bits per heavy atom. The molecule has 0 fully saturated rings. The molecule has 1 heterocycles. The Labute approximate surface area is 146 Å². The summed E-state index contributed by atoms with van der Waals surface area (Å²) >= 11 is 0. The monoisotopic (exact) mass is 355 g/mol. The second kappa shape index (κ2) is 7.36. The molecule has 2 aromatic carbocycles. The number of hydrogen-bond donors (Lipinski definition) is 1. The first-order chi connectivity index (χ1) is 12.1. The minimum absolute atomic E-state index is 0.0548. The summed E-state index contributed by atoms with van der Waals surface area (Å²) in [6, 6.07) is 20.2. The average molecular weight is 355 g/mol. The molecule has 5 nitrogen and oxygen atoms in total. The van der Waals surface area contributed by atoms with E-state index in [-0.39, 0.29) is 17.2 Å². The van der Waals surface area contributed by atoms with E-state index in [1.807, 2.05) is 6.07 Å². The molecule has 3 rings (SSSR count). The van der Waals surface area contributed by atoms with Gasteiger partial charge in [0.05, 0.1) is 11.2 Å². The fourth-order valence-corrected chi connectivity index (χ4v) is 4.21. The predicted octanol–water partition coefficient (Wildman–Crippen LogP) is 3.22. The fraction of sp³-hybridized carbons (Fsp3) is 0.105. The van der Waals surface area contributed by atoms with E-state index < -0.39 is 21.0 Å². The van der Waals surface area contributed by atoms with Gasteiger partial charge in [-0.15, -0.1) is 0 Å². The Morgan fingerprint density at radius 1 is 0.920 bits per heavy atom. The van der Waals surface area contributed by atoms with Gasteiger partial charge < -0.3 is 9.73 Å². The molecule has 1 atom stereocenters. The van der Waals surface area contributed by atoms with Crippen LogP contribution in [0.15, 0.2) is 88.4 Å². The number of carbonyl (C=O) groups is 1. The van der Waals surface area contributed by atoms with Gasteiger partial charge >= 0.3 is 0 Å². The Kier molecular flexibility index (Phi) is 5.00. The molecule has 1 amide bonds. The van der Waals surface area contributed by atoms with Crippen molar-refractivity contribution in [3.8, 4) is 0 Å². The number of hydrogen-bond acceptors (Lipinski definition) is 4. The van der Waals surface area contributed by atoms with Crippen LogP contribution in [0.5, 0.6) is 0 Å². The van der Waals surface area contributed by atoms with E-state index in [9.17, 15) is 13.2 Å². The lowest BCUT2D eigenvalue weighted by Gasteiger charge is -2.18. The predicted molar refractivity (Wildman–Crippen MR) is 93.9 cm³/mol. The Morgan fingerprint density at radius 3 is 2.16 bits per heavy atom.